The maximum atomic E-state index is 13.5. The van der Waals surface area contributed by atoms with Gasteiger partial charge in [-0.25, -0.2) is 0 Å². The number of benzene rings is 2. The average molecular weight is 423 g/mol. The third kappa shape index (κ3) is 4.74. The first-order valence-corrected chi connectivity index (χ1v) is 10.9. The summed E-state index contributed by atoms with van der Waals surface area (Å²) < 4.78 is 11.3. The fourth-order valence-electron chi connectivity index (χ4n) is 4.61. The predicted octanol–water partition coefficient (Wildman–Crippen LogP) is 2.99. The molecule has 6 nitrogen and oxygen atoms in total. The van der Waals surface area contributed by atoms with Crippen molar-refractivity contribution in [3.05, 3.63) is 65.2 Å². The van der Waals surface area contributed by atoms with Crippen molar-refractivity contribution in [1.82, 2.24) is 9.80 Å². The highest BCUT2D eigenvalue weighted by Gasteiger charge is 2.40. The van der Waals surface area contributed by atoms with Crippen LogP contribution in [0.2, 0.25) is 0 Å². The Hall–Kier alpha value is -2.86. The molecule has 2 aliphatic rings. The van der Waals surface area contributed by atoms with Crippen molar-refractivity contribution in [3.63, 3.8) is 0 Å². The van der Waals surface area contributed by atoms with E-state index >= 15 is 0 Å². The smallest absolute Gasteiger partial charge is 0.227 e. The molecule has 0 saturated carbocycles. The van der Waals surface area contributed by atoms with E-state index in [2.05, 4.69) is 13.0 Å². The molecule has 1 fully saturated rings. The maximum Gasteiger partial charge on any atom is 0.227 e. The molecule has 2 heterocycles. The van der Waals surface area contributed by atoms with E-state index in [9.17, 15) is 9.59 Å². The molecule has 0 unspecified atom stereocenters. The topological polar surface area (TPSA) is 59.1 Å². The van der Waals surface area contributed by atoms with Crippen LogP contribution in [0.15, 0.2) is 48.5 Å². The lowest BCUT2D eigenvalue weighted by atomic mass is 9.86. The van der Waals surface area contributed by atoms with E-state index in [-0.39, 0.29) is 23.8 Å². The second-order valence-electron chi connectivity index (χ2n) is 8.39. The molecule has 0 spiro atoms. The number of carbonyl (C=O) groups is 2. The highest BCUT2D eigenvalue weighted by atomic mass is 16.5. The van der Waals surface area contributed by atoms with Gasteiger partial charge in [-0.3, -0.25) is 9.59 Å². The van der Waals surface area contributed by atoms with Crippen molar-refractivity contribution < 1.29 is 19.1 Å². The van der Waals surface area contributed by atoms with Crippen LogP contribution in [-0.2, 0) is 20.7 Å². The van der Waals surface area contributed by atoms with Gasteiger partial charge in [-0.15, -0.1) is 0 Å². The Kier molecular flexibility index (Phi) is 6.56. The molecule has 6 heteroatoms. The Morgan fingerprint density at radius 1 is 1.19 bits per heavy atom. The van der Waals surface area contributed by atoms with Gasteiger partial charge in [0.2, 0.25) is 11.8 Å². The first-order chi connectivity index (χ1) is 15.1. The lowest BCUT2D eigenvalue weighted by Gasteiger charge is -2.44. The van der Waals surface area contributed by atoms with Crippen LogP contribution in [0.1, 0.15) is 29.2 Å². The molecule has 0 radical (unpaired) electrons. The quantitative estimate of drug-likeness (QED) is 0.743. The van der Waals surface area contributed by atoms with Crippen LogP contribution in [0.25, 0.3) is 0 Å². The number of aryl methyl sites for hydroxylation is 1. The third-order valence-electron chi connectivity index (χ3n) is 6.18. The molecule has 2 aromatic rings. The van der Waals surface area contributed by atoms with Crippen LogP contribution in [0.4, 0.5) is 0 Å². The van der Waals surface area contributed by atoms with E-state index in [0.717, 1.165) is 22.4 Å². The zero-order valence-electron chi connectivity index (χ0n) is 18.3. The number of ether oxygens (including phenoxy) is 2. The summed E-state index contributed by atoms with van der Waals surface area (Å²) in [5.74, 6) is 0.951. The van der Waals surface area contributed by atoms with Crippen LogP contribution in [-0.4, -0.2) is 61.6 Å². The molecule has 0 aliphatic carbocycles. The van der Waals surface area contributed by atoms with Crippen LogP contribution in [0.3, 0.4) is 0 Å². The molecule has 4 rings (SSSR count). The lowest BCUT2D eigenvalue weighted by molar-refractivity contribution is -0.142. The third-order valence-corrected chi connectivity index (χ3v) is 6.18. The van der Waals surface area contributed by atoms with E-state index < -0.39 is 0 Å². The summed E-state index contributed by atoms with van der Waals surface area (Å²) in [7, 11) is 1.64. The van der Waals surface area contributed by atoms with E-state index in [0.29, 0.717) is 45.7 Å². The Morgan fingerprint density at radius 3 is 2.77 bits per heavy atom. The number of hydrogen-bond donors (Lipinski definition) is 0. The zero-order valence-corrected chi connectivity index (χ0v) is 18.3. The van der Waals surface area contributed by atoms with Gasteiger partial charge in [-0.1, -0.05) is 48.0 Å². The standard InChI is InChI=1S/C25H30N2O4/c1-18-8-9-22-21(14-18)25-20(17-31-22)16-26(12-13-30-2)23(28)10-11-27(25)24(29)15-19-6-4-3-5-7-19/h3-9,14,20,25H,10-13,15-17H2,1-2H3/t20-,25-/m0/s1. The molecule has 0 aromatic heterocycles. The number of nitrogens with zero attached hydrogens (tertiary/aromatic N) is 2. The van der Waals surface area contributed by atoms with E-state index in [1.54, 1.807) is 7.11 Å². The van der Waals surface area contributed by atoms with Crippen LogP contribution in [0.5, 0.6) is 5.75 Å². The van der Waals surface area contributed by atoms with Gasteiger partial charge >= 0.3 is 0 Å². The van der Waals surface area contributed by atoms with Gasteiger partial charge in [0.15, 0.2) is 0 Å². The van der Waals surface area contributed by atoms with Gasteiger partial charge in [-0.2, -0.15) is 0 Å². The van der Waals surface area contributed by atoms with Crippen molar-refractivity contribution in [2.45, 2.75) is 25.8 Å². The first kappa shape index (κ1) is 21.4. The zero-order chi connectivity index (χ0) is 21.8. The number of amides is 2. The van der Waals surface area contributed by atoms with Crippen molar-refractivity contribution in [2.75, 3.05) is 40.0 Å². The minimum absolute atomic E-state index is 0.00938. The SMILES string of the molecule is COCCN1C[C@H]2COc3ccc(C)cc3[C@H]2N(C(=O)Cc2ccccc2)CCC1=O. The maximum absolute atomic E-state index is 13.5. The molecule has 0 N–H and O–H groups in total. The van der Waals surface area contributed by atoms with Gasteiger partial charge < -0.3 is 19.3 Å². The van der Waals surface area contributed by atoms with Crippen molar-refractivity contribution >= 4 is 11.8 Å². The summed E-state index contributed by atoms with van der Waals surface area (Å²) in [5.41, 5.74) is 3.15. The fourth-order valence-corrected chi connectivity index (χ4v) is 4.61. The largest absolute Gasteiger partial charge is 0.493 e. The second kappa shape index (κ2) is 9.52. The van der Waals surface area contributed by atoms with E-state index in [1.807, 2.05) is 52.3 Å². The predicted molar refractivity (Wildman–Crippen MR) is 118 cm³/mol. The molecule has 2 aliphatic heterocycles. The van der Waals surface area contributed by atoms with Crippen LogP contribution >= 0.6 is 0 Å². The highest BCUT2D eigenvalue weighted by molar-refractivity contribution is 5.81. The average Bonchev–Trinajstić information content (AvgIpc) is 2.76. The minimum Gasteiger partial charge on any atom is -0.493 e. The van der Waals surface area contributed by atoms with Crippen molar-refractivity contribution in [1.29, 1.82) is 0 Å². The molecule has 2 amide bonds. The normalized spacial score (nSPS) is 20.9. The summed E-state index contributed by atoms with van der Waals surface area (Å²) in [6, 6.07) is 15.8. The number of rotatable bonds is 5. The Morgan fingerprint density at radius 2 is 2.00 bits per heavy atom. The molecule has 0 bridgehead atoms. The lowest BCUT2D eigenvalue weighted by Crippen LogP contribution is -2.52. The summed E-state index contributed by atoms with van der Waals surface area (Å²) in [6.07, 6.45) is 0.642. The Bertz CT molecular complexity index is 930. The number of methoxy groups -OCH3 is 1. The van der Waals surface area contributed by atoms with Crippen LogP contribution < -0.4 is 4.74 Å². The molecule has 2 aromatic carbocycles. The van der Waals surface area contributed by atoms with Crippen molar-refractivity contribution in [3.8, 4) is 5.75 Å². The van der Waals surface area contributed by atoms with Gasteiger partial charge in [-0.05, 0) is 18.6 Å². The van der Waals surface area contributed by atoms with E-state index in [1.165, 1.54) is 0 Å². The second-order valence-corrected chi connectivity index (χ2v) is 8.39. The minimum atomic E-state index is -0.113. The number of carbonyl (C=O) groups excluding carboxylic acids is 2. The molecule has 31 heavy (non-hydrogen) atoms. The molecular weight excluding hydrogens is 392 g/mol. The molecule has 1 saturated heterocycles. The first-order valence-electron chi connectivity index (χ1n) is 10.9. The number of hydrogen-bond acceptors (Lipinski definition) is 4. The van der Waals surface area contributed by atoms with Crippen LogP contribution in [0, 0.1) is 12.8 Å². The summed E-state index contributed by atoms with van der Waals surface area (Å²) in [5, 5.41) is 0. The summed E-state index contributed by atoms with van der Waals surface area (Å²) >= 11 is 0. The highest BCUT2D eigenvalue weighted by Crippen LogP contribution is 2.41. The Labute approximate surface area is 183 Å². The van der Waals surface area contributed by atoms with E-state index in [4.69, 9.17) is 9.47 Å². The fraction of sp³-hybridized carbons (Fsp3) is 0.440. The summed E-state index contributed by atoms with van der Waals surface area (Å²) in [6.45, 7) is 4.54. The van der Waals surface area contributed by atoms with Crippen molar-refractivity contribution in [2.24, 2.45) is 5.92 Å². The molecular formula is C25H30N2O4. The number of fused-ring (bicyclic) bond motifs is 3. The van der Waals surface area contributed by atoms with Gasteiger partial charge in [0.25, 0.3) is 0 Å². The van der Waals surface area contributed by atoms with Gasteiger partial charge in [0.05, 0.1) is 25.7 Å². The molecule has 164 valence electrons. The Balaban J connectivity index is 1.68. The molecule has 2 atom stereocenters. The van der Waals surface area contributed by atoms with Gasteiger partial charge in [0, 0.05) is 44.6 Å². The monoisotopic (exact) mass is 422 g/mol. The summed E-state index contributed by atoms with van der Waals surface area (Å²) in [4.78, 5) is 30.1. The van der Waals surface area contributed by atoms with Gasteiger partial charge in [0.1, 0.15) is 5.75 Å².